The van der Waals surface area contributed by atoms with Crippen molar-refractivity contribution in [2.24, 2.45) is 5.92 Å². The Morgan fingerprint density at radius 1 is 1.30 bits per heavy atom. The number of hydrogen-bond acceptors (Lipinski definition) is 5. The number of thioether (sulfide) groups is 1. The molecule has 7 heteroatoms. The third-order valence-corrected chi connectivity index (χ3v) is 4.77. The fraction of sp³-hybridized carbons (Fsp3) is 0.538. The second-order valence-corrected chi connectivity index (χ2v) is 6.75. The molecule has 2 unspecified atom stereocenters. The van der Waals surface area contributed by atoms with Crippen molar-refractivity contribution < 1.29 is 0 Å². The van der Waals surface area contributed by atoms with Crippen LogP contribution in [0.3, 0.4) is 0 Å². The van der Waals surface area contributed by atoms with Crippen LogP contribution in [0, 0.1) is 5.92 Å². The summed E-state index contributed by atoms with van der Waals surface area (Å²) in [6.07, 6.45) is 8.52. The molecule has 0 aromatic carbocycles. The van der Waals surface area contributed by atoms with Gasteiger partial charge in [-0.2, -0.15) is 20.1 Å². The lowest BCUT2D eigenvalue weighted by Crippen LogP contribution is -2.16. The zero-order valence-corrected chi connectivity index (χ0v) is 12.8. The summed E-state index contributed by atoms with van der Waals surface area (Å²) in [6.45, 7) is 2.31. The lowest BCUT2D eigenvalue weighted by atomic mass is 9.91. The summed E-state index contributed by atoms with van der Waals surface area (Å²) >= 11 is 7.70. The smallest absolute Gasteiger partial charge is 0.206 e. The van der Waals surface area contributed by atoms with Gasteiger partial charge in [0.05, 0.1) is 0 Å². The van der Waals surface area contributed by atoms with E-state index in [1.807, 2.05) is 6.07 Å². The predicted octanol–water partition coefficient (Wildman–Crippen LogP) is 3.38. The first-order chi connectivity index (χ1) is 9.70. The van der Waals surface area contributed by atoms with Gasteiger partial charge in [-0.25, -0.2) is 4.68 Å². The van der Waals surface area contributed by atoms with Gasteiger partial charge in [0.2, 0.25) is 5.28 Å². The van der Waals surface area contributed by atoms with E-state index in [4.69, 9.17) is 11.6 Å². The topological polar surface area (TPSA) is 56.5 Å². The Morgan fingerprint density at radius 3 is 2.95 bits per heavy atom. The summed E-state index contributed by atoms with van der Waals surface area (Å²) in [5, 5.41) is 5.60. The van der Waals surface area contributed by atoms with Crippen LogP contribution in [-0.2, 0) is 0 Å². The summed E-state index contributed by atoms with van der Waals surface area (Å²) in [4.78, 5) is 12.8. The van der Waals surface area contributed by atoms with Crippen molar-refractivity contribution in [1.82, 2.24) is 24.7 Å². The monoisotopic (exact) mass is 309 g/mol. The average Bonchev–Trinajstić information content (AvgIpc) is 2.91. The molecule has 20 heavy (non-hydrogen) atoms. The van der Waals surface area contributed by atoms with E-state index in [2.05, 4.69) is 27.0 Å². The van der Waals surface area contributed by atoms with E-state index in [9.17, 15) is 0 Å². The Bertz CT molecular complexity index is 574. The maximum absolute atomic E-state index is 6.00. The van der Waals surface area contributed by atoms with Gasteiger partial charge in [-0.15, -0.1) is 0 Å². The van der Waals surface area contributed by atoms with Crippen LogP contribution in [0.2, 0.25) is 5.28 Å². The second kappa shape index (κ2) is 6.10. The highest BCUT2D eigenvalue weighted by Crippen LogP contribution is 2.34. The fourth-order valence-electron chi connectivity index (χ4n) is 2.50. The molecule has 1 saturated carbocycles. The van der Waals surface area contributed by atoms with Gasteiger partial charge in [-0.1, -0.05) is 31.5 Å². The SMILES string of the molecule is CC1CCCC(Sc2nc(Cl)nc(-n3cccn3)n2)C1. The Morgan fingerprint density at radius 2 is 2.20 bits per heavy atom. The van der Waals surface area contributed by atoms with Crippen molar-refractivity contribution >= 4 is 23.4 Å². The molecule has 2 aromatic heterocycles. The summed E-state index contributed by atoms with van der Waals surface area (Å²) in [5.74, 6) is 1.26. The Hall–Kier alpha value is -1.14. The predicted molar refractivity (Wildman–Crippen MR) is 79.2 cm³/mol. The van der Waals surface area contributed by atoms with Gasteiger partial charge >= 0.3 is 0 Å². The summed E-state index contributed by atoms with van der Waals surface area (Å²) in [6, 6.07) is 1.83. The fourth-order valence-corrected chi connectivity index (χ4v) is 3.99. The highest BCUT2D eigenvalue weighted by atomic mass is 35.5. The summed E-state index contributed by atoms with van der Waals surface area (Å²) in [7, 11) is 0. The molecule has 0 radical (unpaired) electrons. The normalized spacial score (nSPS) is 22.9. The zero-order valence-electron chi connectivity index (χ0n) is 11.2. The van der Waals surface area contributed by atoms with Crippen LogP contribution < -0.4 is 0 Å². The van der Waals surface area contributed by atoms with E-state index >= 15 is 0 Å². The van der Waals surface area contributed by atoms with Crippen LogP contribution >= 0.6 is 23.4 Å². The van der Waals surface area contributed by atoms with Crippen molar-refractivity contribution in [3.05, 3.63) is 23.7 Å². The largest absolute Gasteiger partial charge is 0.255 e. The van der Waals surface area contributed by atoms with E-state index in [-0.39, 0.29) is 5.28 Å². The Labute approximate surface area is 127 Å². The third kappa shape index (κ3) is 3.30. The number of hydrogen-bond donors (Lipinski definition) is 0. The minimum Gasteiger partial charge on any atom is -0.206 e. The molecule has 0 N–H and O–H groups in total. The molecule has 1 aliphatic rings. The van der Waals surface area contributed by atoms with Crippen LogP contribution in [0.15, 0.2) is 23.6 Å². The first-order valence-electron chi connectivity index (χ1n) is 6.79. The van der Waals surface area contributed by atoms with Gasteiger partial charge in [-0.05, 0) is 36.4 Å². The van der Waals surface area contributed by atoms with E-state index in [0.29, 0.717) is 16.4 Å². The van der Waals surface area contributed by atoms with E-state index < -0.39 is 0 Å². The molecule has 0 amide bonds. The Kier molecular flexibility index (Phi) is 4.21. The van der Waals surface area contributed by atoms with Crippen molar-refractivity contribution in [3.63, 3.8) is 0 Å². The molecule has 106 valence electrons. The van der Waals surface area contributed by atoms with Crippen molar-refractivity contribution in [2.75, 3.05) is 0 Å². The minimum absolute atomic E-state index is 0.219. The Balaban J connectivity index is 1.79. The second-order valence-electron chi connectivity index (χ2n) is 5.15. The molecule has 0 spiro atoms. The zero-order chi connectivity index (χ0) is 13.9. The average molecular weight is 310 g/mol. The molecule has 5 nitrogen and oxygen atoms in total. The molecule has 2 heterocycles. The molecular formula is C13H16ClN5S. The third-order valence-electron chi connectivity index (χ3n) is 3.45. The van der Waals surface area contributed by atoms with E-state index in [0.717, 1.165) is 5.92 Å². The van der Waals surface area contributed by atoms with Gasteiger partial charge in [0, 0.05) is 17.6 Å². The highest BCUT2D eigenvalue weighted by molar-refractivity contribution is 7.99. The molecule has 1 fully saturated rings. The van der Waals surface area contributed by atoms with Crippen LogP contribution in [0.4, 0.5) is 0 Å². The van der Waals surface area contributed by atoms with Crippen LogP contribution in [0.25, 0.3) is 5.95 Å². The van der Waals surface area contributed by atoms with Gasteiger partial charge in [0.1, 0.15) is 0 Å². The summed E-state index contributed by atoms with van der Waals surface area (Å²) < 4.78 is 1.60. The lowest BCUT2D eigenvalue weighted by Gasteiger charge is -2.25. The van der Waals surface area contributed by atoms with Gasteiger partial charge in [0.25, 0.3) is 5.95 Å². The lowest BCUT2D eigenvalue weighted by molar-refractivity contribution is 0.394. The van der Waals surface area contributed by atoms with Crippen LogP contribution in [-0.4, -0.2) is 30.0 Å². The molecule has 0 bridgehead atoms. The minimum atomic E-state index is 0.219. The molecule has 0 saturated heterocycles. The number of aromatic nitrogens is 5. The van der Waals surface area contributed by atoms with Crippen LogP contribution in [0.1, 0.15) is 32.6 Å². The van der Waals surface area contributed by atoms with Crippen molar-refractivity contribution in [1.29, 1.82) is 0 Å². The number of rotatable bonds is 3. The first-order valence-corrected chi connectivity index (χ1v) is 8.05. The molecule has 2 aromatic rings. The van der Waals surface area contributed by atoms with Gasteiger partial charge < -0.3 is 0 Å². The maximum atomic E-state index is 6.00. The maximum Gasteiger partial charge on any atom is 0.255 e. The van der Waals surface area contributed by atoms with E-state index in [1.54, 1.807) is 28.8 Å². The first kappa shape index (κ1) is 13.8. The van der Waals surface area contributed by atoms with Gasteiger partial charge in [-0.3, -0.25) is 0 Å². The molecule has 1 aliphatic carbocycles. The van der Waals surface area contributed by atoms with Crippen molar-refractivity contribution in [3.8, 4) is 5.95 Å². The van der Waals surface area contributed by atoms with E-state index in [1.165, 1.54) is 25.7 Å². The van der Waals surface area contributed by atoms with Gasteiger partial charge in [0.15, 0.2) is 5.16 Å². The molecular weight excluding hydrogens is 294 g/mol. The molecule has 2 atom stereocenters. The number of nitrogens with zero attached hydrogens (tertiary/aromatic N) is 5. The van der Waals surface area contributed by atoms with Crippen molar-refractivity contribution in [2.45, 2.75) is 43.0 Å². The molecule has 0 aliphatic heterocycles. The highest BCUT2D eigenvalue weighted by Gasteiger charge is 2.21. The quantitative estimate of drug-likeness (QED) is 0.870. The molecule has 3 rings (SSSR count). The standard InChI is InChI=1S/C13H16ClN5S/c1-9-4-2-5-10(8-9)20-13-17-11(14)16-12(18-13)19-7-3-6-15-19/h3,6-7,9-10H,2,4-5,8H2,1H3. The van der Waals surface area contributed by atoms with Crippen LogP contribution in [0.5, 0.6) is 0 Å². The number of halogens is 1. The summed E-state index contributed by atoms with van der Waals surface area (Å²) in [5.41, 5.74) is 0.